The standard InChI is InChI=1S/C21H22F2N6O5/c1-31-15-8-16(32-2)19(23)13(18(15)22)11-34-12-9-24-21(25-10-12)26-17-7-14(27-28-17)20(30)29-3-5-33-6-4-29/h7-10H,3-6,11H2,1-2H3,(H2,24,25,26,27,28). The van der Waals surface area contributed by atoms with Crippen LogP contribution in [0.25, 0.3) is 0 Å². The molecule has 1 aliphatic heterocycles. The summed E-state index contributed by atoms with van der Waals surface area (Å²) in [5, 5.41) is 9.59. The highest BCUT2D eigenvalue weighted by Gasteiger charge is 2.22. The van der Waals surface area contributed by atoms with E-state index >= 15 is 0 Å². The Kier molecular flexibility index (Phi) is 7.01. The largest absolute Gasteiger partial charge is 0.494 e. The number of methoxy groups -OCH3 is 2. The molecule has 0 spiro atoms. The number of carbonyl (C=O) groups is 1. The lowest BCUT2D eigenvalue weighted by Crippen LogP contribution is -2.40. The van der Waals surface area contributed by atoms with Gasteiger partial charge in [0, 0.05) is 25.2 Å². The van der Waals surface area contributed by atoms with E-state index in [0.29, 0.717) is 37.8 Å². The van der Waals surface area contributed by atoms with Crippen LogP contribution in [0.5, 0.6) is 17.2 Å². The zero-order valence-corrected chi connectivity index (χ0v) is 18.4. The summed E-state index contributed by atoms with van der Waals surface area (Å²) in [5.74, 6) is -1.58. The molecule has 2 aromatic heterocycles. The highest BCUT2D eigenvalue weighted by atomic mass is 19.1. The summed E-state index contributed by atoms with van der Waals surface area (Å²) in [4.78, 5) is 22.3. The fourth-order valence-electron chi connectivity index (χ4n) is 3.22. The van der Waals surface area contributed by atoms with Gasteiger partial charge in [0.25, 0.3) is 5.91 Å². The van der Waals surface area contributed by atoms with Crippen LogP contribution in [0, 0.1) is 11.6 Å². The number of amides is 1. The van der Waals surface area contributed by atoms with Gasteiger partial charge in [-0.1, -0.05) is 0 Å². The summed E-state index contributed by atoms with van der Waals surface area (Å²) in [7, 11) is 2.53. The number of ether oxygens (including phenoxy) is 4. The number of nitrogens with one attached hydrogen (secondary N) is 2. The van der Waals surface area contributed by atoms with E-state index in [1.54, 1.807) is 11.0 Å². The minimum absolute atomic E-state index is 0.168. The Morgan fingerprint density at radius 3 is 2.38 bits per heavy atom. The number of carbonyl (C=O) groups excluding carboxylic acids is 1. The second-order valence-electron chi connectivity index (χ2n) is 7.12. The van der Waals surface area contributed by atoms with Crippen molar-refractivity contribution in [1.29, 1.82) is 0 Å². The first-order valence-corrected chi connectivity index (χ1v) is 10.2. The van der Waals surface area contributed by atoms with Crippen molar-refractivity contribution in [3.8, 4) is 17.2 Å². The third-order valence-electron chi connectivity index (χ3n) is 5.02. The monoisotopic (exact) mass is 476 g/mol. The van der Waals surface area contributed by atoms with Gasteiger partial charge >= 0.3 is 0 Å². The van der Waals surface area contributed by atoms with Crippen LogP contribution in [0.15, 0.2) is 24.5 Å². The van der Waals surface area contributed by atoms with Gasteiger partial charge in [-0.3, -0.25) is 9.89 Å². The molecular weight excluding hydrogens is 454 g/mol. The molecule has 1 fully saturated rings. The Morgan fingerprint density at radius 1 is 1.12 bits per heavy atom. The van der Waals surface area contributed by atoms with Crippen LogP contribution in [0.1, 0.15) is 16.1 Å². The molecule has 3 heterocycles. The van der Waals surface area contributed by atoms with Gasteiger partial charge in [-0.2, -0.15) is 5.10 Å². The molecule has 1 amide bonds. The van der Waals surface area contributed by atoms with Gasteiger partial charge in [0.1, 0.15) is 12.3 Å². The van der Waals surface area contributed by atoms with Crippen molar-refractivity contribution in [3.63, 3.8) is 0 Å². The predicted molar refractivity (Wildman–Crippen MR) is 114 cm³/mol. The van der Waals surface area contributed by atoms with Crippen LogP contribution in [-0.4, -0.2) is 71.5 Å². The number of hydrogen-bond donors (Lipinski definition) is 2. The van der Waals surface area contributed by atoms with Gasteiger partial charge in [0.05, 0.1) is 45.4 Å². The van der Waals surface area contributed by atoms with Gasteiger partial charge in [-0.25, -0.2) is 18.7 Å². The SMILES string of the molecule is COc1cc(OC)c(F)c(COc2cnc(Nc3cc(C(=O)N4CCOCC4)[nH]n3)nc2)c1F. The zero-order valence-electron chi connectivity index (χ0n) is 18.4. The number of halogens is 2. The Hall–Kier alpha value is -4.00. The van der Waals surface area contributed by atoms with E-state index < -0.39 is 18.2 Å². The van der Waals surface area contributed by atoms with Crippen LogP contribution < -0.4 is 19.5 Å². The third kappa shape index (κ3) is 4.98. The molecular formula is C21H22F2N6O5. The van der Waals surface area contributed by atoms with Gasteiger partial charge < -0.3 is 29.2 Å². The number of rotatable bonds is 8. The van der Waals surface area contributed by atoms with Gasteiger partial charge in [0.2, 0.25) is 5.95 Å². The number of H-pyrrole nitrogens is 1. The van der Waals surface area contributed by atoms with Crippen molar-refractivity contribution in [2.24, 2.45) is 0 Å². The second-order valence-corrected chi connectivity index (χ2v) is 7.12. The van der Waals surface area contributed by atoms with Crippen molar-refractivity contribution < 1.29 is 32.5 Å². The molecule has 180 valence electrons. The van der Waals surface area contributed by atoms with Gasteiger partial charge in [-0.05, 0) is 0 Å². The van der Waals surface area contributed by atoms with Crippen molar-refractivity contribution in [1.82, 2.24) is 25.1 Å². The molecule has 0 radical (unpaired) electrons. The first-order valence-electron chi connectivity index (χ1n) is 10.2. The molecule has 11 nitrogen and oxygen atoms in total. The molecule has 3 aromatic rings. The van der Waals surface area contributed by atoms with Crippen molar-refractivity contribution >= 4 is 17.7 Å². The van der Waals surface area contributed by atoms with E-state index in [0.717, 1.165) is 6.07 Å². The van der Waals surface area contributed by atoms with Gasteiger partial charge in [0.15, 0.2) is 34.7 Å². The van der Waals surface area contributed by atoms with E-state index in [4.69, 9.17) is 18.9 Å². The third-order valence-corrected chi connectivity index (χ3v) is 5.02. The van der Waals surface area contributed by atoms with E-state index in [1.807, 2.05) is 0 Å². The summed E-state index contributed by atoms with van der Waals surface area (Å²) in [5.41, 5.74) is -0.0329. The molecule has 0 saturated carbocycles. The molecule has 0 atom stereocenters. The molecule has 0 unspecified atom stereocenters. The Bertz CT molecular complexity index is 1120. The Balaban J connectivity index is 1.38. The van der Waals surface area contributed by atoms with Crippen LogP contribution in [-0.2, 0) is 11.3 Å². The lowest BCUT2D eigenvalue weighted by Gasteiger charge is -2.26. The number of morpholine rings is 1. The maximum Gasteiger partial charge on any atom is 0.272 e. The van der Waals surface area contributed by atoms with E-state index in [-0.39, 0.29) is 34.7 Å². The smallest absolute Gasteiger partial charge is 0.272 e. The number of nitrogens with zero attached hydrogens (tertiary/aromatic N) is 4. The average molecular weight is 476 g/mol. The fraction of sp³-hybridized carbons (Fsp3) is 0.333. The van der Waals surface area contributed by atoms with E-state index in [9.17, 15) is 13.6 Å². The highest BCUT2D eigenvalue weighted by Crippen LogP contribution is 2.32. The lowest BCUT2D eigenvalue weighted by molar-refractivity contribution is 0.0299. The van der Waals surface area contributed by atoms with Crippen LogP contribution in [0.2, 0.25) is 0 Å². The molecule has 1 aliphatic rings. The zero-order chi connectivity index (χ0) is 24.1. The minimum atomic E-state index is -0.888. The van der Waals surface area contributed by atoms with Crippen LogP contribution in [0.3, 0.4) is 0 Å². The predicted octanol–water partition coefficient (Wildman–Crippen LogP) is 2.29. The summed E-state index contributed by atoms with van der Waals surface area (Å²) < 4.78 is 49.4. The van der Waals surface area contributed by atoms with Crippen LogP contribution in [0.4, 0.5) is 20.5 Å². The maximum absolute atomic E-state index is 14.5. The van der Waals surface area contributed by atoms with Gasteiger partial charge in [-0.15, -0.1) is 0 Å². The number of aromatic amines is 1. The fourth-order valence-corrected chi connectivity index (χ4v) is 3.22. The number of hydrogen-bond acceptors (Lipinski definition) is 9. The molecule has 4 rings (SSSR count). The minimum Gasteiger partial charge on any atom is -0.494 e. The lowest BCUT2D eigenvalue weighted by atomic mass is 10.1. The number of aromatic nitrogens is 4. The number of anilines is 2. The van der Waals surface area contributed by atoms with Crippen molar-refractivity contribution in [2.75, 3.05) is 45.8 Å². The molecule has 0 bridgehead atoms. The van der Waals surface area contributed by atoms with E-state index in [1.165, 1.54) is 26.6 Å². The normalized spacial score (nSPS) is 13.5. The van der Waals surface area contributed by atoms with Crippen LogP contribution >= 0.6 is 0 Å². The highest BCUT2D eigenvalue weighted by molar-refractivity contribution is 5.93. The Labute approximate surface area is 193 Å². The summed E-state index contributed by atoms with van der Waals surface area (Å²) in [6.07, 6.45) is 2.66. The summed E-state index contributed by atoms with van der Waals surface area (Å²) in [6.45, 7) is 1.59. The van der Waals surface area contributed by atoms with Crippen molar-refractivity contribution in [3.05, 3.63) is 47.4 Å². The Morgan fingerprint density at radius 2 is 1.76 bits per heavy atom. The summed E-state index contributed by atoms with van der Waals surface area (Å²) in [6, 6.07) is 2.67. The quantitative estimate of drug-likeness (QED) is 0.504. The first kappa shape index (κ1) is 23.2. The molecule has 13 heteroatoms. The average Bonchev–Trinajstić information content (AvgIpc) is 3.33. The molecule has 1 saturated heterocycles. The number of benzene rings is 1. The molecule has 34 heavy (non-hydrogen) atoms. The second kappa shape index (κ2) is 10.3. The topological polar surface area (TPSA) is 124 Å². The first-order chi connectivity index (χ1) is 16.5. The van der Waals surface area contributed by atoms with Crippen molar-refractivity contribution in [2.45, 2.75) is 6.61 Å². The molecule has 1 aromatic carbocycles. The van der Waals surface area contributed by atoms with E-state index in [2.05, 4.69) is 25.5 Å². The molecule has 2 N–H and O–H groups in total. The summed E-state index contributed by atoms with van der Waals surface area (Å²) >= 11 is 0. The maximum atomic E-state index is 14.5. The molecule has 0 aliphatic carbocycles.